The number of halogens is 3. The molecule has 0 saturated carbocycles. The molecule has 2 aromatic rings. The van der Waals surface area contributed by atoms with Crippen molar-refractivity contribution in [2.24, 2.45) is 0 Å². The van der Waals surface area contributed by atoms with Gasteiger partial charge in [0.15, 0.2) is 0 Å². The van der Waals surface area contributed by atoms with Crippen molar-refractivity contribution in [3.63, 3.8) is 0 Å². The van der Waals surface area contributed by atoms with Gasteiger partial charge in [-0.1, -0.05) is 29.8 Å². The Morgan fingerprint density at radius 2 is 1.38 bits per heavy atom. The van der Waals surface area contributed by atoms with E-state index in [1.165, 1.54) is 0 Å². The van der Waals surface area contributed by atoms with Crippen LogP contribution in [0, 0.1) is 6.92 Å². The van der Waals surface area contributed by atoms with Gasteiger partial charge >= 0.3 is 6.36 Å². The van der Waals surface area contributed by atoms with E-state index >= 15 is 0 Å². The molecule has 0 unspecified atom stereocenters. The molecule has 0 radical (unpaired) electrons. The van der Waals surface area contributed by atoms with Gasteiger partial charge in [0.1, 0.15) is 11.5 Å². The summed E-state index contributed by atoms with van der Waals surface area (Å²) in [6, 6.07) is 14.5. The average molecular weight is 296 g/mol. The predicted molar refractivity (Wildman–Crippen MR) is 73.4 cm³/mol. The molecule has 0 aromatic heterocycles. The Morgan fingerprint density at radius 3 is 1.90 bits per heavy atom. The maximum absolute atomic E-state index is 11.9. The van der Waals surface area contributed by atoms with Crippen molar-refractivity contribution in [3.8, 4) is 11.5 Å². The minimum Gasteiger partial charge on any atom is -0.457 e. The van der Waals surface area contributed by atoms with Crippen LogP contribution in [0.3, 0.4) is 0 Å². The fourth-order valence-electron chi connectivity index (χ4n) is 1.75. The Balaban J connectivity index is 1.88. The lowest BCUT2D eigenvalue weighted by atomic mass is 10.1. The van der Waals surface area contributed by atoms with Crippen LogP contribution in [0.2, 0.25) is 0 Å². The van der Waals surface area contributed by atoms with Crippen LogP contribution in [0.5, 0.6) is 11.5 Å². The molecule has 0 bridgehead atoms. The summed E-state index contributed by atoms with van der Waals surface area (Å²) in [5, 5.41) is 0. The van der Waals surface area contributed by atoms with Crippen molar-refractivity contribution in [3.05, 3.63) is 59.7 Å². The first-order valence-electron chi connectivity index (χ1n) is 6.46. The zero-order chi connectivity index (χ0) is 15.3. The third-order valence-electron chi connectivity index (χ3n) is 2.84. The number of aryl methyl sites for hydroxylation is 1. The van der Waals surface area contributed by atoms with E-state index < -0.39 is 6.36 Å². The second-order valence-electron chi connectivity index (χ2n) is 4.60. The van der Waals surface area contributed by atoms with Crippen molar-refractivity contribution < 1.29 is 22.6 Å². The molecule has 0 fully saturated rings. The molecule has 0 spiro atoms. The normalized spacial score (nSPS) is 11.4. The number of rotatable bonds is 5. The third kappa shape index (κ3) is 5.47. The quantitative estimate of drug-likeness (QED) is 0.784. The third-order valence-corrected chi connectivity index (χ3v) is 2.84. The Bertz CT molecular complexity index is 560. The van der Waals surface area contributed by atoms with Gasteiger partial charge in [-0.15, -0.1) is 13.2 Å². The van der Waals surface area contributed by atoms with Gasteiger partial charge in [0, 0.05) is 0 Å². The zero-order valence-electron chi connectivity index (χ0n) is 11.5. The highest BCUT2D eigenvalue weighted by atomic mass is 19.4. The average Bonchev–Trinajstić information content (AvgIpc) is 2.42. The highest BCUT2D eigenvalue weighted by Gasteiger charge is 2.28. The highest BCUT2D eigenvalue weighted by molar-refractivity contribution is 5.34. The van der Waals surface area contributed by atoms with Crippen LogP contribution in [0.25, 0.3) is 0 Å². The molecule has 0 saturated heterocycles. The molecule has 112 valence electrons. The summed E-state index contributed by atoms with van der Waals surface area (Å²) < 4.78 is 44.9. The first kappa shape index (κ1) is 15.4. The van der Waals surface area contributed by atoms with Crippen LogP contribution in [0.15, 0.2) is 48.5 Å². The van der Waals surface area contributed by atoms with Gasteiger partial charge in [0.2, 0.25) is 0 Å². The summed E-state index contributed by atoms with van der Waals surface area (Å²) in [5.41, 5.74) is 1.90. The van der Waals surface area contributed by atoms with Crippen molar-refractivity contribution in [2.45, 2.75) is 19.7 Å². The van der Waals surface area contributed by atoms with Crippen molar-refractivity contribution >= 4 is 0 Å². The SMILES string of the molecule is Cc1ccc(Oc2ccc(CCOC(F)(F)F)cc2)cc1. The van der Waals surface area contributed by atoms with Crippen LogP contribution in [-0.2, 0) is 11.2 Å². The zero-order valence-corrected chi connectivity index (χ0v) is 11.5. The summed E-state index contributed by atoms with van der Waals surface area (Å²) in [6.45, 7) is 1.60. The lowest BCUT2D eigenvalue weighted by Crippen LogP contribution is -2.15. The van der Waals surface area contributed by atoms with Crippen LogP contribution < -0.4 is 4.74 Å². The largest absolute Gasteiger partial charge is 0.522 e. The summed E-state index contributed by atoms with van der Waals surface area (Å²) >= 11 is 0. The van der Waals surface area contributed by atoms with Gasteiger partial charge in [-0.25, -0.2) is 0 Å². The van der Waals surface area contributed by atoms with Gasteiger partial charge < -0.3 is 4.74 Å². The van der Waals surface area contributed by atoms with Crippen LogP contribution in [0.4, 0.5) is 13.2 Å². The molecule has 0 aliphatic carbocycles. The predicted octanol–water partition coefficient (Wildman–Crippen LogP) is 4.87. The van der Waals surface area contributed by atoms with E-state index in [9.17, 15) is 13.2 Å². The fourth-order valence-corrected chi connectivity index (χ4v) is 1.75. The van der Waals surface area contributed by atoms with E-state index in [2.05, 4.69) is 4.74 Å². The second kappa shape index (κ2) is 6.63. The minimum atomic E-state index is -4.57. The van der Waals surface area contributed by atoms with E-state index in [0.717, 1.165) is 11.1 Å². The molecule has 2 aromatic carbocycles. The minimum absolute atomic E-state index is 0.199. The first-order chi connectivity index (χ1) is 9.92. The maximum Gasteiger partial charge on any atom is 0.522 e. The summed E-state index contributed by atoms with van der Waals surface area (Å²) in [6.07, 6.45) is -4.38. The van der Waals surface area contributed by atoms with Gasteiger partial charge in [0.05, 0.1) is 6.61 Å². The maximum atomic E-state index is 11.9. The number of hydrogen-bond acceptors (Lipinski definition) is 2. The molecule has 5 heteroatoms. The van der Waals surface area contributed by atoms with Crippen LogP contribution in [0.1, 0.15) is 11.1 Å². The molecule has 0 amide bonds. The van der Waals surface area contributed by atoms with Crippen LogP contribution >= 0.6 is 0 Å². The van der Waals surface area contributed by atoms with E-state index in [1.54, 1.807) is 24.3 Å². The molecule has 0 atom stereocenters. The molecule has 2 rings (SSSR count). The molecule has 0 aliphatic heterocycles. The number of ether oxygens (including phenoxy) is 2. The highest BCUT2D eigenvalue weighted by Crippen LogP contribution is 2.22. The summed E-state index contributed by atoms with van der Waals surface area (Å²) in [4.78, 5) is 0. The second-order valence-corrected chi connectivity index (χ2v) is 4.60. The van der Waals surface area contributed by atoms with E-state index in [0.29, 0.717) is 11.5 Å². The van der Waals surface area contributed by atoms with Gasteiger partial charge in [-0.2, -0.15) is 0 Å². The van der Waals surface area contributed by atoms with Crippen molar-refractivity contribution in [1.82, 2.24) is 0 Å². The Morgan fingerprint density at radius 1 is 0.857 bits per heavy atom. The lowest BCUT2D eigenvalue weighted by molar-refractivity contribution is -0.324. The van der Waals surface area contributed by atoms with Gasteiger partial charge in [0.25, 0.3) is 0 Å². The van der Waals surface area contributed by atoms with Crippen LogP contribution in [-0.4, -0.2) is 13.0 Å². The monoisotopic (exact) mass is 296 g/mol. The van der Waals surface area contributed by atoms with Crippen molar-refractivity contribution in [1.29, 1.82) is 0 Å². The molecular formula is C16H15F3O2. The Labute approximate surface area is 121 Å². The molecule has 21 heavy (non-hydrogen) atoms. The Hall–Kier alpha value is -2.01. The van der Waals surface area contributed by atoms with Gasteiger partial charge in [-0.05, 0) is 43.2 Å². The van der Waals surface area contributed by atoms with E-state index in [4.69, 9.17) is 4.74 Å². The van der Waals surface area contributed by atoms with E-state index in [-0.39, 0.29) is 13.0 Å². The van der Waals surface area contributed by atoms with Gasteiger partial charge in [-0.3, -0.25) is 4.74 Å². The van der Waals surface area contributed by atoms with Crippen molar-refractivity contribution in [2.75, 3.05) is 6.61 Å². The molecule has 2 nitrogen and oxygen atoms in total. The number of alkyl halides is 3. The first-order valence-corrected chi connectivity index (χ1v) is 6.46. The van der Waals surface area contributed by atoms with E-state index in [1.807, 2.05) is 31.2 Å². The fraction of sp³-hybridized carbons (Fsp3) is 0.250. The topological polar surface area (TPSA) is 18.5 Å². The molecule has 0 aliphatic rings. The number of benzene rings is 2. The smallest absolute Gasteiger partial charge is 0.457 e. The molecular weight excluding hydrogens is 281 g/mol. The summed E-state index contributed by atoms with van der Waals surface area (Å²) in [7, 11) is 0. The molecule has 0 N–H and O–H groups in total. The Kier molecular flexibility index (Phi) is 4.85. The molecule has 0 heterocycles. The number of hydrogen-bond donors (Lipinski definition) is 0. The summed E-state index contributed by atoms with van der Waals surface area (Å²) in [5.74, 6) is 1.35. The standard InChI is InChI=1S/C16H15F3O2/c1-12-2-6-14(7-3-12)21-15-8-4-13(5-9-15)10-11-20-16(17,18)19/h2-9H,10-11H2,1H3. The lowest BCUT2D eigenvalue weighted by Gasteiger charge is -2.09.